The van der Waals surface area contributed by atoms with Crippen LogP contribution in [0.2, 0.25) is 0 Å². The van der Waals surface area contributed by atoms with E-state index in [9.17, 15) is 0 Å². The van der Waals surface area contributed by atoms with Gasteiger partial charge in [-0.25, -0.2) is 4.98 Å². The second kappa shape index (κ2) is 7.95. The summed E-state index contributed by atoms with van der Waals surface area (Å²) in [6, 6.07) is 12.3. The highest BCUT2D eigenvalue weighted by molar-refractivity contribution is 5.41. The number of likely N-dealkylation sites (tertiary alicyclic amines) is 1. The molecule has 0 radical (unpaired) electrons. The molecule has 6 nitrogen and oxygen atoms in total. The normalized spacial score (nSPS) is 17.7. The van der Waals surface area contributed by atoms with Crippen LogP contribution >= 0.6 is 0 Å². The maximum atomic E-state index is 8.90. The van der Waals surface area contributed by atoms with Crippen molar-refractivity contribution >= 4 is 11.8 Å². The van der Waals surface area contributed by atoms with Crippen molar-refractivity contribution in [3.8, 4) is 6.07 Å². The van der Waals surface area contributed by atoms with Crippen LogP contribution in [-0.4, -0.2) is 48.1 Å². The largest absolute Gasteiger partial charge is 0.363 e. The molecule has 1 aromatic carbocycles. The molecule has 1 aromatic heterocycles. The minimum Gasteiger partial charge on any atom is -0.363 e. The zero-order valence-corrected chi connectivity index (χ0v) is 14.8. The molecule has 0 spiro atoms. The molecule has 25 heavy (non-hydrogen) atoms. The molecular formula is C19H24N6. The number of nitrogens with zero attached hydrogens (tertiary/aromatic N) is 5. The molecule has 1 N–H and O–H groups in total. The van der Waals surface area contributed by atoms with Crippen molar-refractivity contribution in [3.63, 3.8) is 0 Å². The summed E-state index contributed by atoms with van der Waals surface area (Å²) in [6.45, 7) is 2.97. The van der Waals surface area contributed by atoms with Gasteiger partial charge >= 0.3 is 0 Å². The van der Waals surface area contributed by atoms with Gasteiger partial charge in [0.2, 0.25) is 5.95 Å². The number of benzene rings is 1. The molecule has 2 aromatic rings. The van der Waals surface area contributed by atoms with Crippen LogP contribution in [0.5, 0.6) is 0 Å². The Morgan fingerprint density at radius 3 is 2.80 bits per heavy atom. The van der Waals surface area contributed by atoms with Crippen LogP contribution in [0.1, 0.15) is 24.0 Å². The fraction of sp³-hybridized carbons (Fsp3) is 0.421. The van der Waals surface area contributed by atoms with E-state index in [0.29, 0.717) is 17.6 Å². The van der Waals surface area contributed by atoms with Crippen LogP contribution in [0.15, 0.2) is 36.5 Å². The van der Waals surface area contributed by atoms with E-state index in [-0.39, 0.29) is 0 Å². The van der Waals surface area contributed by atoms with Crippen molar-refractivity contribution in [3.05, 3.63) is 47.7 Å². The van der Waals surface area contributed by atoms with E-state index >= 15 is 0 Å². The summed E-state index contributed by atoms with van der Waals surface area (Å²) in [7, 11) is 3.96. The summed E-state index contributed by atoms with van der Waals surface area (Å²) in [5.41, 5.74) is 1.95. The Morgan fingerprint density at radius 1 is 1.28 bits per heavy atom. The van der Waals surface area contributed by atoms with E-state index in [4.69, 9.17) is 5.26 Å². The van der Waals surface area contributed by atoms with Gasteiger partial charge in [0.1, 0.15) is 5.82 Å². The summed E-state index contributed by atoms with van der Waals surface area (Å²) in [6.07, 6.45) is 4.07. The van der Waals surface area contributed by atoms with Crippen LogP contribution < -0.4 is 10.2 Å². The van der Waals surface area contributed by atoms with Gasteiger partial charge < -0.3 is 10.2 Å². The first-order chi connectivity index (χ1) is 12.1. The Labute approximate surface area is 149 Å². The van der Waals surface area contributed by atoms with Gasteiger partial charge in [0.15, 0.2) is 0 Å². The van der Waals surface area contributed by atoms with Gasteiger partial charge in [0, 0.05) is 39.4 Å². The highest BCUT2D eigenvalue weighted by Crippen LogP contribution is 2.17. The standard InChI is InChI=1S/C19H24N6/c1-24(2)18-9-10-21-19(23-18)22-17-4-3-11-25(14-17)13-16-7-5-15(12-20)6-8-16/h5-10,17H,3-4,11,13-14H2,1-2H3,(H,21,22,23). The summed E-state index contributed by atoms with van der Waals surface area (Å²) < 4.78 is 0. The third-order valence-electron chi connectivity index (χ3n) is 4.43. The summed E-state index contributed by atoms with van der Waals surface area (Å²) >= 11 is 0. The van der Waals surface area contributed by atoms with Crippen molar-refractivity contribution in [1.82, 2.24) is 14.9 Å². The predicted octanol–water partition coefficient (Wildman–Crippen LogP) is 2.49. The fourth-order valence-electron chi connectivity index (χ4n) is 3.11. The zero-order chi connectivity index (χ0) is 17.6. The van der Waals surface area contributed by atoms with Gasteiger partial charge in [-0.15, -0.1) is 0 Å². The molecule has 0 amide bonds. The molecule has 1 aliphatic heterocycles. The van der Waals surface area contributed by atoms with E-state index < -0.39 is 0 Å². The molecule has 0 bridgehead atoms. The van der Waals surface area contributed by atoms with Crippen LogP contribution in [-0.2, 0) is 6.54 Å². The van der Waals surface area contributed by atoms with Crippen LogP contribution in [0.25, 0.3) is 0 Å². The van der Waals surface area contributed by atoms with E-state index in [1.165, 1.54) is 5.56 Å². The molecule has 6 heteroatoms. The molecular weight excluding hydrogens is 312 g/mol. The molecule has 130 valence electrons. The molecule has 3 rings (SSSR count). The third-order valence-corrected chi connectivity index (χ3v) is 4.43. The van der Waals surface area contributed by atoms with Gasteiger partial charge in [-0.3, -0.25) is 4.90 Å². The number of hydrogen-bond acceptors (Lipinski definition) is 6. The summed E-state index contributed by atoms with van der Waals surface area (Å²) in [5.74, 6) is 1.60. The highest BCUT2D eigenvalue weighted by Gasteiger charge is 2.20. The topological polar surface area (TPSA) is 68.1 Å². The first kappa shape index (κ1) is 17.2. The Morgan fingerprint density at radius 2 is 2.08 bits per heavy atom. The lowest BCUT2D eigenvalue weighted by Gasteiger charge is -2.33. The second-order valence-corrected chi connectivity index (χ2v) is 6.66. The SMILES string of the molecule is CN(C)c1ccnc(NC2CCCN(Cc3ccc(C#N)cc3)C2)n1. The Kier molecular flexibility index (Phi) is 5.46. The zero-order valence-electron chi connectivity index (χ0n) is 14.8. The Bertz CT molecular complexity index is 734. The Balaban J connectivity index is 1.59. The van der Waals surface area contributed by atoms with Gasteiger partial charge in [-0.2, -0.15) is 10.2 Å². The van der Waals surface area contributed by atoms with Crippen molar-refractivity contribution in [2.75, 3.05) is 37.4 Å². The average molecular weight is 336 g/mol. The minimum absolute atomic E-state index is 0.351. The maximum Gasteiger partial charge on any atom is 0.224 e. The predicted molar refractivity (Wildman–Crippen MR) is 99.4 cm³/mol. The smallest absolute Gasteiger partial charge is 0.224 e. The van der Waals surface area contributed by atoms with Crippen LogP contribution in [0, 0.1) is 11.3 Å². The summed E-state index contributed by atoms with van der Waals surface area (Å²) in [4.78, 5) is 13.3. The second-order valence-electron chi connectivity index (χ2n) is 6.66. The number of anilines is 2. The lowest BCUT2D eigenvalue weighted by atomic mass is 10.0. The number of hydrogen-bond donors (Lipinski definition) is 1. The van der Waals surface area contributed by atoms with Crippen molar-refractivity contribution in [2.45, 2.75) is 25.4 Å². The molecule has 2 heterocycles. The number of nitrogens with one attached hydrogen (secondary N) is 1. The van der Waals surface area contributed by atoms with Crippen LogP contribution in [0.3, 0.4) is 0 Å². The van der Waals surface area contributed by atoms with Crippen molar-refractivity contribution < 1.29 is 0 Å². The number of nitriles is 1. The number of piperidine rings is 1. The molecule has 1 aliphatic rings. The van der Waals surface area contributed by atoms with Gasteiger partial charge in [-0.1, -0.05) is 12.1 Å². The third kappa shape index (κ3) is 4.68. The number of aromatic nitrogens is 2. The first-order valence-electron chi connectivity index (χ1n) is 8.62. The van der Waals surface area contributed by atoms with E-state index in [1.807, 2.05) is 49.3 Å². The molecule has 1 unspecified atom stereocenters. The monoisotopic (exact) mass is 336 g/mol. The van der Waals surface area contributed by atoms with Crippen LogP contribution in [0.4, 0.5) is 11.8 Å². The molecule has 0 aliphatic carbocycles. The fourth-order valence-corrected chi connectivity index (χ4v) is 3.11. The number of rotatable bonds is 5. The van der Waals surface area contributed by atoms with E-state index in [2.05, 4.69) is 26.3 Å². The van der Waals surface area contributed by atoms with E-state index in [1.54, 1.807) is 6.20 Å². The minimum atomic E-state index is 0.351. The quantitative estimate of drug-likeness (QED) is 0.905. The summed E-state index contributed by atoms with van der Waals surface area (Å²) in [5, 5.41) is 12.4. The molecule has 0 saturated carbocycles. The van der Waals surface area contributed by atoms with Gasteiger partial charge in [-0.05, 0) is 43.1 Å². The van der Waals surface area contributed by atoms with Crippen molar-refractivity contribution in [2.24, 2.45) is 0 Å². The molecule has 1 saturated heterocycles. The molecule has 1 fully saturated rings. The lowest BCUT2D eigenvalue weighted by molar-refractivity contribution is 0.208. The first-order valence-corrected chi connectivity index (χ1v) is 8.62. The average Bonchev–Trinajstić information content (AvgIpc) is 2.63. The van der Waals surface area contributed by atoms with E-state index in [0.717, 1.165) is 38.3 Å². The lowest BCUT2D eigenvalue weighted by Crippen LogP contribution is -2.41. The molecule has 1 atom stereocenters. The van der Waals surface area contributed by atoms with Crippen molar-refractivity contribution in [1.29, 1.82) is 5.26 Å². The Hall–Kier alpha value is -2.65. The van der Waals surface area contributed by atoms with Gasteiger partial charge in [0.25, 0.3) is 0 Å². The maximum absolute atomic E-state index is 8.90. The van der Waals surface area contributed by atoms with Gasteiger partial charge in [0.05, 0.1) is 11.6 Å². The highest BCUT2D eigenvalue weighted by atomic mass is 15.2.